The number of nitrogens with zero attached hydrogens (tertiary/aromatic N) is 4. The number of aryl methyl sites for hydroxylation is 1. The SMILES string of the molecule is CCCCCCCOc1ccc(-c2cnc(-c3ccc(CC(NC(=O)c4ccc(C(C)(C)C)s4)C(=O)NC(Cc4cn(C)cn4)C(=O)O)cc3)nc2)cc1. The van der Waals surface area contributed by atoms with Gasteiger partial charge in [-0.3, -0.25) is 9.59 Å². The van der Waals surface area contributed by atoms with E-state index in [9.17, 15) is 19.5 Å². The lowest BCUT2D eigenvalue weighted by Gasteiger charge is -2.21. The molecule has 3 N–H and O–H groups in total. The van der Waals surface area contributed by atoms with Gasteiger partial charge < -0.3 is 25.0 Å². The molecule has 0 bridgehead atoms. The summed E-state index contributed by atoms with van der Waals surface area (Å²) in [6, 6.07) is 16.8. The number of aromatic nitrogens is 4. The van der Waals surface area contributed by atoms with Crippen molar-refractivity contribution in [1.29, 1.82) is 0 Å². The molecular formula is C42H50N6O5S. The Hall–Kier alpha value is -5.36. The van der Waals surface area contributed by atoms with E-state index in [2.05, 4.69) is 53.3 Å². The number of hydrogen-bond donors (Lipinski definition) is 3. The number of rotatable bonds is 18. The first kappa shape index (κ1) is 39.8. The van der Waals surface area contributed by atoms with Gasteiger partial charge in [-0.2, -0.15) is 0 Å². The van der Waals surface area contributed by atoms with Gasteiger partial charge in [-0.15, -0.1) is 11.3 Å². The highest BCUT2D eigenvalue weighted by Gasteiger charge is 2.29. The minimum Gasteiger partial charge on any atom is -0.494 e. The van der Waals surface area contributed by atoms with Crippen molar-refractivity contribution >= 4 is 29.1 Å². The van der Waals surface area contributed by atoms with Crippen LogP contribution in [-0.4, -0.2) is 61.1 Å². The summed E-state index contributed by atoms with van der Waals surface area (Å²) in [7, 11) is 1.78. The third kappa shape index (κ3) is 11.3. The predicted octanol–water partition coefficient (Wildman–Crippen LogP) is 7.41. The molecule has 2 unspecified atom stereocenters. The number of benzene rings is 2. The zero-order valence-electron chi connectivity index (χ0n) is 31.7. The van der Waals surface area contributed by atoms with Gasteiger partial charge in [-0.1, -0.05) is 89.8 Å². The molecule has 5 rings (SSSR count). The summed E-state index contributed by atoms with van der Waals surface area (Å²) in [5, 5.41) is 15.4. The van der Waals surface area contributed by atoms with Crippen LogP contribution in [0.1, 0.15) is 85.6 Å². The summed E-state index contributed by atoms with van der Waals surface area (Å²) in [5.74, 6) is -0.820. The molecule has 5 aromatic rings. The molecular weight excluding hydrogens is 701 g/mol. The number of amides is 2. The lowest BCUT2D eigenvalue weighted by molar-refractivity contribution is -0.142. The Morgan fingerprint density at radius 3 is 2.11 bits per heavy atom. The predicted molar refractivity (Wildman–Crippen MR) is 212 cm³/mol. The van der Waals surface area contributed by atoms with E-state index in [4.69, 9.17) is 4.74 Å². The minimum atomic E-state index is -1.24. The molecule has 0 radical (unpaired) electrons. The van der Waals surface area contributed by atoms with Gasteiger partial charge in [0.2, 0.25) is 5.91 Å². The Bertz CT molecular complexity index is 1980. The molecule has 2 aromatic carbocycles. The number of hydrogen-bond acceptors (Lipinski definition) is 8. The van der Waals surface area contributed by atoms with Crippen molar-refractivity contribution in [3.63, 3.8) is 0 Å². The fraction of sp³-hybridized carbons (Fsp3) is 0.381. The summed E-state index contributed by atoms with van der Waals surface area (Å²) in [5.41, 5.74) is 3.80. The number of ether oxygens (including phenoxy) is 1. The maximum absolute atomic E-state index is 13.7. The number of imidazole rings is 1. The van der Waals surface area contributed by atoms with E-state index in [1.807, 2.05) is 54.6 Å². The number of carboxylic acids is 1. The average Bonchev–Trinajstić information content (AvgIpc) is 3.83. The van der Waals surface area contributed by atoms with E-state index in [0.717, 1.165) is 39.3 Å². The van der Waals surface area contributed by atoms with E-state index in [1.54, 1.807) is 42.6 Å². The normalized spacial score (nSPS) is 12.5. The second kappa shape index (κ2) is 18.6. The number of nitrogens with one attached hydrogen (secondary N) is 2. The van der Waals surface area contributed by atoms with Gasteiger partial charge >= 0.3 is 5.97 Å². The van der Waals surface area contributed by atoms with Gasteiger partial charge in [0.1, 0.15) is 17.8 Å². The Kier molecular flexibility index (Phi) is 13.7. The molecule has 0 spiro atoms. The van der Waals surface area contributed by atoms with Crippen molar-refractivity contribution in [2.24, 2.45) is 7.05 Å². The number of aliphatic carboxylic acids is 1. The molecule has 2 atom stereocenters. The highest BCUT2D eigenvalue weighted by molar-refractivity contribution is 7.14. The summed E-state index contributed by atoms with van der Waals surface area (Å²) in [6.07, 6.45) is 13.0. The quantitative estimate of drug-likeness (QED) is 0.0785. The molecule has 0 saturated heterocycles. The van der Waals surface area contributed by atoms with Crippen LogP contribution in [0.25, 0.3) is 22.5 Å². The molecule has 2 amide bonds. The standard InChI is InChI=1S/C42H50N6O5S/c1-6-7-8-9-10-21-53-33-17-15-29(16-18-33)31-24-43-38(44-25-31)30-13-11-28(12-14-30)22-34(46-40(50)36-19-20-37(54-36)42(2,3)4)39(49)47-35(41(51)52)23-32-26-48(5)27-45-32/h11-20,24-27,34-35H,6-10,21-23H2,1-5H3,(H,46,50)(H,47,49)(H,51,52). The Labute approximate surface area is 321 Å². The van der Waals surface area contributed by atoms with E-state index >= 15 is 0 Å². The average molecular weight is 751 g/mol. The van der Waals surface area contributed by atoms with Gasteiger partial charge in [0, 0.05) is 54.5 Å². The fourth-order valence-corrected chi connectivity index (χ4v) is 6.81. The second-order valence-corrected chi connectivity index (χ2v) is 15.6. The Balaban J connectivity index is 1.26. The van der Waals surface area contributed by atoms with Gasteiger partial charge in [-0.05, 0) is 47.2 Å². The lowest BCUT2D eigenvalue weighted by atomic mass is 9.95. The lowest BCUT2D eigenvalue weighted by Crippen LogP contribution is -2.53. The second-order valence-electron chi connectivity index (χ2n) is 14.6. The zero-order chi connectivity index (χ0) is 38.7. The van der Waals surface area contributed by atoms with Crippen LogP contribution >= 0.6 is 11.3 Å². The van der Waals surface area contributed by atoms with Gasteiger partial charge in [0.25, 0.3) is 5.91 Å². The van der Waals surface area contributed by atoms with Gasteiger partial charge in [0.05, 0.1) is 23.5 Å². The van der Waals surface area contributed by atoms with E-state index < -0.39 is 29.9 Å². The molecule has 11 nitrogen and oxygen atoms in total. The van der Waals surface area contributed by atoms with Crippen molar-refractivity contribution in [3.8, 4) is 28.3 Å². The maximum Gasteiger partial charge on any atom is 0.326 e. The molecule has 12 heteroatoms. The smallest absolute Gasteiger partial charge is 0.326 e. The van der Waals surface area contributed by atoms with Crippen LogP contribution in [0.3, 0.4) is 0 Å². The highest BCUT2D eigenvalue weighted by Crippen LogP contribution is 2.30. The third-order valence-corrected chi connectivity index (χ3v) is 10.5. The van der Waals surface area contributed by atoms with Crippen LogP contribution in [0.5, 0.6) is 5.75 Å². The van der Waals surface area contributed by atoms with Crippen LogP contribution in [0.2, 0.25) is 0 Å². The molecule has 3 aromatic heterocycles. The first-order valence-corrected chi connectivity index (χ1v) is 19.3. The summed E-state index contributed by atoms with van der Waals surface area (Å²) in [4.78, 5) is 54.2. The van der Waals surface area contributed by atoms with E-state index in [1.165, 1.54) is 37.0 Å². The number of unbranched alkanes of at least 4 members (excludes halogenated alkanes) is 4. The fourth-order valence-electron chi connectivity index (χ4n) is 5.85. The molecule has 54 heavy (non-hydrogen) atoms. The van der Waals surface area contributed by atoms with Crippen molar-refractivity contribution in [3.05, 3.63) is 107 Å². The van der Waals surface area contributed by atoms with Crippen molar-refractivity contribution in [1.82, 2.24) is 30.2 Å². The van der Waals surface area contributed by atoms with Gasteiger partial charge in [0.15, 0.2) is 5.82 Å². The van der Waals surface area contributed by atoms with Crippen molar-refractivity contribution in [2.45, 2.75) is 90.1 Å². The van der Waals surface area contributed by atoms with Crippen molar-refractivity contribution in [2.75, 3.05) is 6.61 Å². The minimum absolute atomic E-state index is 0.00505. The first-order valence-electron chi connectivity index (χ1n) is 18.5. The third-order valence-electron chi connectivity index (χ3n) is 8.99. The number of carbonyl (C=O) groups excluding carboxylic acids is 2. The van der Waals surface area contributed by atoms with E-state index in [-0.39, 0.29) is 18.3 Å². The number of carboxylic acid groups (broad SMARTS) is 1. The molecule has 0 fully saturated rings. The highest BCUT2D eigenvalue weighted by atomic mass is 32.1. The van der Waals surface area contributed by atoms with Crippen LogP contribution in [0.4, 0.5) is 0 Å². The Morgan fingerprint density at radius 2 is 1.50 bits per heavy atom. The molecule has 0 saturated carbocycles. The van der Waals surface area contributed by atoms with Crippen LogP contribution in [0.15, 0.2) is 85.6 Å². The molecule has 3 heterocycles. The van der Waals surface area contributed by atoms with Gasteiger partial charge in [-0.25, -0.2) is 19.7 Å². The summed E-state index contributed by atoms with van der Waals surface area (Å²) >= 11 is 1.37. The molecule has 284 valence electrons. The zero-order valence-corrected chi connectivity index (χ0v) is 32.5. The molecule has 0 aliphatic carbocycles. The van der Waals surface area contributed by atoms with Crippen LogP contribution < -0.4 is 15.4 Å². The van der Waals surface area contributed by atoms with Crippen LogP contribution in [-0.2, 0) is 34.9 Å². The molecule has 0 aliphatic rings. The van der Waals surface area contributed by atoms with Crippen LogP contribution in [0, 0.1) is 0 Å². The Morgan fingerprint density at radius 1 is 0.815 bits per heavy atom. The summed E-state index contributed by atoms with van der Waals surface area (Å²) in [6.45, 7) is 9.13. The molecule has 0 aliphatic heterocycles. The van der Waals surface area contributed by atoms with E-state index in [0.29, 0.717) is 23.0 Å². The van der Waals surface area contributed by atoms with Crippen molar-refractivity contribution < 1.29 is 24.2 Å². The number of thiophene rings is 1. The monoisotopic (exact) mass is 750 g/mol. The number of carbonyl (C=O) groups is 3. The first-order chi connectivity index (χ1) is 25.9. The summed E-state index contributed by atoms with van der Waals surface area (Å²) < 4.78 is 7.61. The maximum atomic E-state index is 13.7. The topological polar surface area (TPSA) is 148 Å². The largest absolute Gasteiger partial charge is 0.494 e.